The van der Waals surface area contributed by atoms with Gasteiger partial charge in [-0.2, -0.15) is 0 Å². The molecular formula is C21H18ClO2Sn. The monoisotopic (exact) mass is 457 g/mol. The summed E-state index contributed by atoms with van der Waals surface area (Å²) in [6, 6.07) is 30.1. The van der Waals surface area contributed by atoms with Crippen molar-refractivity contribution in [3.63, 3.8) is 0 Å². The zero-order valence-electron chi connectivity index (χ0n) is 13.5. The van der Waals surface area contributed by atoms with Gasteiger partial charge in [-0.25, -0.2) is 4.79 Å². The van der Waals surface area contributed by atoms with E-state index in [2.05, 4.69) is 48.5 Å². The Morgan fingerprint density at radius 3 is 1.56 bits per heavy atom. The number of aliphatic carboxylic acids is 1. The van der Waals surface area contributed by atoms with E-state index in [4.69, 9.17) is 14.0 Å². The van der Waals surface area contributed by atoms with Gasteiger partial charge in [-0.1, -0.05) is 30.3 Å². The summed E-state index contributed by atoms with van der Waals surface area (Å²) in [5.41, 5.74) is 0.898. The quantitative estimate of drug-likeness (QED) is 0.479. The molecule has 3 aromatic carbocycles. The summed E-state index contributed by atoms with van der Waals surface area (Å²) in [5, 5.41) is 8.29. The van der Waals surface area contributed by atoms with Gasteiger partial charge in [0.05, 0.1) is 0 Å². The molecule has 0 bridgehead atoms. The Hall–Kier alpha value is -2.04. The van der Waals surface area contributed by atoms with Gasteiger partial charge in [0, 0.05) is 6.08 Å². The van der Waals surface area contributed by atoms with E-state index in [0.717, 1.165) is 11.6 Å². The second-order valence-corrected chi connectivity index (χ2v) is 12.8. The molecule has 0 aliphatic heterocycles. The zero-order chi connectivity index (χ0) is 17.9. The zero-order valence-corrected chi connectivity index (χ0v) is 17.2. The molecule has 0 spiro atoms. The van der Waals surface area contributed by atoms with E-state index < -0.39 is 24.6 Å². The minimum absolute atomic E-state index is 0.898. The van der Waals surface area contributed by atoms with Crippen molar-refractivity contribution in [3.8, 4) is 0 Å². The minimum atomic E-state index is -2.03. The van der Waals surface area contributed by atoms with Crippen molar-refractivity contribution in [1.29, 1.82) is 0 Å². The predicted molar refractivity (Wildman–Crippen MR) is 107 cm³/mol. The number of rotatable bonds is 4. The topological polar surface area (TPSA) is 37.3 Å². The molecule has 0 saturated heterocycles. The number of carboxylic acid groups (broad SMARTS) is 1. The molecule has 0 aromatic heterocycles. The number of halogens is 1. The maximum absolute atomic E-state index is 10.1. The fraction of sp³-hybridized carbons (Fsp3) is 0. The van der Waals surface area contributed by atoms with Crippen LogP contribution in [0.15, 0.2) is 97.1 Å². The van der Waals surface area contributed by atoms with Gasteiger partial charge in [0.2, 0.25) is 0 Å². The van der Waals surface area contributed by atoms with Crippen LogP contribution in [0.3, 0.4) is 0 Å². The van der Waals surface area contributed by atoms with Crippen LogP contribution in [0.5, 0.6) is 0 Å². The van der Waals surface area contributed by atoms with Crippen LogP contribution in [-0.4, -0.2) is 29.7 Å². The molecule has 4 heteroatoms. The third kappa shape index (κ3) is 7.16. The number of carboxylic acids is 1. The average molecular weight is 457 g/mol. The molecule has 0 fully saturated rings. The van der Waals surface area contributed by atoms with Crippen molar-refractivity contribution in [2.75, 3.05) is 0 Å². The molecule has 0 aliphatic rings. The second kappa shape index (κ2) is 10.7. The second-order valence-electron chi connectivity index (χ2n) is 5.13. The molecule has 0 atom stereocenters. The molecule has 125 valence electrons. The van der Waals surface area contributed by atoms with E-state index in [9.17, 15) is 4.79 Å². The van der Waals surface area contributed by atoms with E-state index in [1.165, 1.54) is 7.16 Å². The predicted octanol–water partition coefficient (Wildman–Crippen LogP) is 3.82. The van der Waals surface area contributed by atoms with Crippen molar-refractivity contribution in [3.05, 3.63) is 103 Å². The van der Waals surface area contributed by atoms with E-state index in [1.54, 1.807) is 6.08 Å². The summed E-state index contributed by atoms with van der Waals surface area (Å²) >= 11 is -2.03. The Bertz CT molecular complexity index is 750. The van der Waals surface area contributed by atoms with Crippen LogP contribution in [0.25, 0.3) is 6.08 Å². The van der Waals surface area contributed by atoms with E-state index >= 15 is 0 Å². The Morgan fingerprint density at radius 2 is 1.16 bits per heavy atom. The molecule has 1 radical (unpaired) electrons. The maximum atomic E-state index is 10.1. The van der Waals surface area contributed by atoms with Crippen LogP contribution in [0.1, 0.15) is 5.56 Å². The van der Waals surface area contributed by atoms with Gasteiger partial charge in [-0.05, 0) is 11.6 Å². The molecule has 2 nitrogen and oxygen atoms in total. The fourth-order valence-electron chi connectivity index (χ4n) is 2.07. The Balaban J connectivity index is 0.000000186. The summed E-state index contributed by atoms with van der Waals surface area (Å²) in [7, 11) is 6.53. The standard InChI is InChI=1S/C9H8O2.2C6H5.ClH.Sn/c10-9(11)7-6-8-4-2-1-3-5-8;2*1-2-4-6-5-3-1;;/h1-7H,(H,10,11);2*1-5H;1H;/q;;;;+1/p-1/b7-6+;;;;. The Kier molecular flexibility index (Phi) is 8.29. The Labute approximate surface area is 158 Å². The molecule has 0 saturated carbocycles. The number of carbonyl (C=O) groups is 1. The summed E-state index contributed by atoms with van der Waals surface area (Å²) in [6.07, 6.45) is 2.68. The average Bonchev–Trinajstić information content (AvgIpc) is 2.68. The van der Waals surface area contributed by atoms with Crippen LogP contribution in [0, 0.1) is 0 Å². The molecule has 3 rings (SSSR count). The van der Waals surface area contributed by atoms with Gasteiger partial charge in [0.15, 0.2) is 0 Å². The van der Waals surface area contributed by atoms with Gasteiger partial charge in [-0.3, -0.25) is 0 Å². The van der Waals surface area contributed by atoms with Crippen molar-refractivity contribution < 1.29 is 9.90 Å². The van der Waals surface area contributed by atoms with Crippen molar-refractivity contribution in [2.24, 2.45) is 0 Å². The first kappa shape index (κ1) is 19.3. The van der Waals surface area contributed by atoms with E-state index in [-0.39, 0.29) is 0 Å². The van der Waals surface area contributed by atoms with Crippen LogP contribution < -0.4 is 7.16 Å². The van der Waals surface area contributed by atoms with Gasteiger partial charge in [0.1, 0.15) is 0 Å². The van der Waals surface area contributed by atoms with Crippen LogP contribution in [0.4, 0.5) is 0 Å². The number of hydrogen-bond acceptors (Lipinski definition) is 1. The van der Waals surface area contributed by atoms with E-state index in [1.807, 2.05) is 42.5 Å². The summed E-state index contributed by atoms with van der Waals surface area (Å²) in [6.45, 7) is 0. The van der Waals surface area contributed by atoms with Gasteiger partial charge in [-0.15, -0.1) is 0 Å². The summed E-state index contributed by atoms with van der Waals surface area (Å²) in [5.74, 6) is -0.922. The molecular weight excluding hydrogens is 438 g/mol. The Morgan fingerprint density at radius 1 is 0.760 bits per heavy atom. The first-order valence-corrected chi connectivity index (χ1v) is 14.2. The third-order valence-corrected chi connectivity index (χ3v) is 11.0. The molecule has 3 aromatic rings. The molecule has 0 heterocycles. The van der Waals surface area contributed by atoms with Crippen molar-refractivity contribution >= 4 is 46.8 Å². The molecule has 25 heavy (non-hydrogen) atoms. The fourth-order valence-corrected chi connectivity index (χ4v) is 7.48. The van der Waals surface area contributed by atoms with Crippen molar-refractivity contribution in [2.45, 2.75) is 0 Å². The van der Waals surface area contributed by atoms with Gasteiger partial charge in [0.25, 0.3) is 0 Å². The molecule has 0 amide bonds. The van der Waals surface area contributed by atoms with Gasteiger partial charge >= 0.3 is 101 Å². The first-order chi connectivity index (χ1) is 12.2. The summed E-state index contributed by atoms with van der Waals surface area (Å²) < 4.78 is 2.67. The molecule has 0 aliphatic carbocycles. The molecule has 0 unspecified atom stereocenters. The molecule has 1 N–H and O–H groups in total. The van der Waals surface area contributed by atoms with Crippen LogP contribution in [0.2, 0.25) is 0 Å². The number of hydrogen-bond donors (Lipinski definition) is 1. The van der Waals surface area contributed by atoms with Crippen molar-refractivity contribution in [1.82, 2.24) is 0 Å². The normalized spacial score (nSPS) is 10.3. The van der Waals surface area contributed by atoms with E-state index in [0.29, 0.717) is 0 Å². The third-order valence-electron chi connectivity index (χ3n) is 3.27. The van der Waals surface area contributed by atoms with Gasteiger partial charge < -0.3 is 5.11 Å². The SMILES string of the molecule is O=C(O)/C=C/c1ccccc1.[Cl][Sn]([c]1ccccc1)[c]1ccccc1. The number of benzene rings is 3. The summed E-state index contributed by atoms with van der Waals surface area (Å²) in [4.78, 5) is 10.1. The van der Waals surface area contributed by atoms with Crippen LogP contribution >= 0.6 is 8.92 Å². The van der Waals surface area contributed by atoms with Crippen LogP contribution in [-0.2, 0) is 4.79 Å². The first-order valence-electron chi connectivity index (χ1n) is 7.76.